The van der Waals surface area contributed by atoms with Crippen LogP contribution in [0.3, 0.4) is 0 Å². The van der Waals surface area contributed by atoms with Gasteiger partial charge in [-0.1, -0.05) is 29.3 Å². The number of fused-ring (bicyclic) bond motifs is 1. The second-order valence-corrected chi connectivity index (χ2v) is 5.05. The highest BCUT2D eigenvalue weighted by molar-refractivity contribution is 6.43. The van der Waals surface area contributed by atoms with E-state index >= 15 is 0 Å². The smallest absolute Gasteiger partial charge is 0.163 e. The van der Waals surface area contributed by atoms with Crippen LogP contribution in [-0.2, 0) is 17.8 Å². The summed E-state index contributed by atoms with van der Waals surface area (Å²) >= 11 is 12.2. The molecule has 0 unspecified atom stereocenters. The van der Waals surface area contributed by atoms with E-state index in [0.29, 0.717) is 40.5 Å². The van der Waals surface area contributed by atoms with Gasteiger partial charge in [0.15, 0.2) is 5.82 Å². The summed E-state index contributed by atoms with van der Waals surface area (Å²) < 4.78 is 5.36. The molecule has 0 saturated heterocycles. The molecule has 4 nitrogen and oxygen atoms in total. The minimum absolute atomic E-state index is 0.440. The normalized spacial score (nSPS) is 14.2. The van der Waals surface area contributed by atoms with E-state index in [4.69, 9.17) is 33.7 Å². The molecule has 19 heavy (non-hydrogen) atoms. The van der Waals surface area contributed by atoms with Gasteiger partial charge >= 0.3 is 0 Å². The van der Waals surface area contributed by atoms with E-state index < -0.39 is 0 Å². The van der Waals surface area contributed by atoms with Crippen molar-refractivity contribution >= 4 is 29.0 Å². The molecule has 0 radical (unpaired) electrons. The second-order valence-electron chi connectivity index (χ2n) is 4.26. The number of nitrogens with zero attached hydrogens (tertiary/aromatic N) is 2. The van der Waals surface area contributed by atoms with Crippen molar-refractivity contribution in [3.8, 4) is 11.4 Å². The van der Waals surface area contributed by atoms with Gasteiger partial charge in [-0.15, -0.1) is 0 Å². The molecule has 0 saturated carbocycles. The van der Waals surface area contributed by atoms with Gasteiger partial charge in [-0.3, -0.25) is 0 Å². The number of aromatic nitrogens is 2. The Morgan fingerprint density at radius 3 is 2.89 bits per heavy atom. The number of nitrogen functional groups attached to an aromatic ring is 1. The standard InChI is InChI=1S/C13H11Cl2N3O/c14-9-3-1-2-7(11(9)15)13-17-10-4-5-19-6-8(10)12(16)18-13/h1-3H,4-6H2,(H2,16,17,18). The van der Waals surface area contributed by atoms with E-state index in [0.717, 1.165) is 17.7 Å². The number of hydrogen-bond acceptors (Lipinski definition) is 4. The molecule has 2 heterocycles. The van der Waals surface area contributed by atoms with Gasteiger partial charge < -0.3 is 10.5 Å². The molecule has 3 rings (SSSR count). The molecule has 1 aliphatic rings. The fourth-order valence-electron chi connectivity index (χ4n) is 2.05. The summed E-state index contributed by atoms with van der Waals surface area (Å²) in [6.07, 6.45) is 0.729. The Balaban J connectivity index is 2.16. The number of nitrogens with two attached hydrogens (primary N) is 1. The lowest BCUT2D eigenvalue weighted by molar-refractivity contribution is 0.109. The number of halogens is 2. The van der Waals surface area contributed by atoms with Gasteiger partial charge in [0.1, 0.15) is 5.82 Å². The first-order valence-corrected chi connectivity index (χ1v) is 6.60. The first-order chi connectivity index (χ1) is 9.16. The zero-order valence-electron chi connectivity index (χ0n) is 9.99. The Morgan fingerprint density at radius 2 is 2.05 bits per heavy atom. The summed E-state index contributed by atoms with van der Waals surface area (Å²) in [4.78, 5) is 8.83. The van der Waals surface area contributed by atoms with Crippen molar-refractivity contribution in [2.45, 2.75) is 13.0 Å². The Labute approximate surface area is 120 Å². The van der Waals surface area contributed by atoms with Crippen LogP contribution in [0.25, 0.3) is 11.4 Å². The van der Waals surface area contributed by atoms with Gasteiger partial charge in [0, 0.05) is 17.5 Å². The van der Waals surface area contributed by atoms with E-state index in [-0.39, 0.29) is 0 Å². The number of benzene rings is 1. The third-order valence-corrected chi connectivity index (χ3v) is 3.87. The molecule has 0 bridgehead atoms. The summed E-state index contributed by atoms with van der Waals surface area (Å²) in [7, 11) is 0. The zero-order valence-corrected chi connectivity index (χ0v) is 11.5. The molecule has 0 spiro atoms. The molecule has 2 aromatic rings. The lowest BCUT2D eigenvalue weighted by atomic mass is 10.1. The highest BCUT2D eigenvalue weighted by Crippen LogP contribution is 2.33. The van der Waals surface area contributed by atoms with Crippen molar-refractivity contribution in [1.29, 1.82) is 0 Å². The second kappa shape index (κ2) is 4.96. The predicted octanol–water partition coefficient (Wildman–Crippen LogP) is 3.11. The van der Waals surface area contributed by atoms with Gasteiger partial charge in [0.2, 0.25) is 0 Å². The van der Waals surface area contributed by atoms with Crippen LogP contribution < -0.4 is 5.73 Å². The third-order valence-electron chi connectivity index (χ3n) is 3.05. The highest BCUT2D eigenvalue weighted by atomic mass is 35.5. The number of hydrogen-bond donors (Lipinski definition) is 1. The molecular formula is C13H11Cl2N3O. The van der Waals surface area contributed by atoms with E-state index in [9.17, 15) is 0 Å². The van der Waals surface area contributed by atoms with E-state index in [1.54, 1.807) is 6.07 Å². The van der Waals surface area contributed by atoms with Crippen LogP contribution in [0.2, 0.25) is 10.0 Å². The molecule has 1 aromatic carbocycles. The van der Waals surface area contributed by atoms with Gasteiger partial charge in [0.25, 0.3) is 0 Å². The minimum Gasteiger partial charge on any atom is -0.383 e. The maximum atomic E-state index is 6.19. The van der Waals surface area contributed by atoms with Crippen molar-refractivity contribution < 1.29 is 4.74 Å². The molecule has 2 N–H and O–H groups in total. The molecule has 6 heteroatoms. The lowest BCUT2D eigenvalue weighted by Crippen LogP contribution is -2.16. The largest absolute Gasteiger partial charge is 0.383 e. The maximum Gasteiger partial charge on any atom is 0.163 e. The summed E-state index contributed by atoms with van der Waals surface area (Å²) in [6.45, 7) is 1.11. The average molecular weight is 296 g/mol. The summed E-state index contributed by atoms with van der Waals surface area (Å²) in [5.74, 6) is 0.946. The van der Waals surface area contributed by atoms with Crippen LogP contribution in [0.4, 0.5) is 5.82 Å². The highest BCUT2D eigenvalue weighted by Gasteiger charge is 2.18. The van der Waals surface area contributed by atoms with Gasteiger partial charge in [-0.2, -0.15) is 0 Å². The quantitative estimate of drug-likeness (QED) is 0.878. The van der Waals surface area contributed by atoms with E-state index in [1.165, 1.54) is 0 Å². The van der Waals surface area contributed by atoms with Crippen LogP contribution in [0.15, 0.2) is 18.2 Å². The Hall–Kier alpha value is -1.36. The molecule has 0 atom stereocenters. The lowest BCUT2D eigenvalue weighted by Gasteiger charge is -2.18. The van der Waals surface area contributed by atoms with E-state index in [1.807, 2.05) is 12.1 Å². The van der Waals surface area contributed by atoms with Crippen molar-refractivity contribution in [3.63, 3.8) is 0 Å². The third kappa shape index (κ3) is 2.27. The van der Waals surface area contributed by atoms with Crippen LogP contribution >= 0.6 is 23.2 Å². The Morgan fingerprint density at radius 1 is 1.21 bits per heavy atom. The van der Waals surface area contributed by atoms with Crippen molar-refractivity contribution in [2.24, 2.45) is 0 Å². The monoisotopic (exact) mass is 295 g/mol. The fraction of sp³-hybridized carbons (Fsp3) is 0.231. The number of ether oxygens (including phenoxy) is 1. The first-order valence-electron chi connectivity index (χ1n) is 5.84. The minimum atomic E-state index is 0.440. The van der Waals surface area contributed by atoms with Crippen LogP contribution in [-0.4, -0.2) is 16.6 Å². The summed E-state index contributed by atoms with van der Waals surface area (Å²) in [5.41, 5.74) is 8.44. The van der Waals surface area contributed by atoms with Gasteiger partial charge in [0.05, 0.1) is 29.0 Å². The molecule has 98 valence electrons. The SMILES string of the molecule is Nc1nc(-c2cccc(Cl)c2Cl)nc2c1COCC2. The van der Waals surface area contributed by atoms with Gasteiger partial charge in [-0.25, -0.2) is 9.97 Å². The molecule has 0 amide bonds. The summed E-state index contributed by atoms with van der Waals surface area (Å²) in [6, 6.07) is 5.36. The van der Waals surface area contributed by atoms with Crippen molar-refractivity contribution in [3.05, 3.63) is 39.5 Å². The zero-order chi connectivity index (χ0) is 13.4. The number of rotatable bonds is 1. The van der Waals surface area contributed by atoms with Crippen LogP contribution in [0.5, 0.6) is 0 Å². The van der Waals surface area contributed by atoms with Crippen molar-refractivity contribution in [2.75, 3.05) is 12.3 Å². The average Bonchev–Trinajstić information content (AvgIpc) is 2.42. The topological polar surface area (TPSA) is 61.0 Å². The van der Waals surface area contributed by atoms with Crippen LogP contribution in [0, 0.1) is 0 Å². The predicted molar refractivity (Wildman–Crippen MR) is 75.3 cm³/mol. The molecule has 1 aliphatic heterocycles. The maximum absolute atomic E-state index is 6.19. The number of anilines is 1. The molecule has 1 aromatic heterocycles. The first kappa shape index (κ1) is 12.7. The Bertz CT molecular complexity index is 646. The fourth-order valence-corrected chi connectivity index (χ4v) is 2.44. The molecule has 0 fully saturated rings. The summed E-state index contributed by atoms with van der Waals surface area (Å²) in [5, 5.41) is 0.915. The molecular weight excluding hydrogens is 285 g/mol. The van der Waals surface area contributed by atoms with Crippen molar-refractivity contribution in [1.82, 2.24) is 9.97 Å². The van der Waals surface area contributed by atoms with E-state index in [2.05, 4.69) is 9.97 Å². The van der Waals surface area contributed by atoms with Gasteiger partial charge in [-0.05, 0) is 12.1 Å². The Kier molecular flexibility index (Phi) is 3.31. The van der Waals surface area contributed by atoms with Crippen LogP contribution in [0.1, 0.15) is 11.3 Å². The molecule has 0 aliphatic carbocycles.